The molecule has 0 bridgehead atoms. The van der Waals surface area contributed by atoms with Crippen molar-refractivity contribution in [2.75, 3.05) is 0 Å². The molecule has 200 valence electrons. The number of allylic oxidation sites excluding steroid dienone is 3. The summed E-state index contributed by atoms with van der Waals surface area (Å²) < 4.78 is 29.3. The van der Waals surface area contributed by atoms with E-state index in [0.717, 1.165) is 50.7 Å². The molecule has 0 saturated heterocycles. The Kier molecular flexibility index (Phi) is 9.75. The van der Waals surface area contributed by atoms with Gasteiger partial charge in [0.15, 0.2) is 0 Å². The van der Waals surface area contributed by atoms with E-state index in [9.17, 15) is 8.78 Å². The first kappa shape index (κ1) is 28.1. The molecule has 0 amide bonds. The fraction of sp³-hybridized carbons (Fsp3) is 0.0526. The molecule has 5 rings (SSSR count). The maximum atomic E-state index is 14.0. The molecule has 0 heterocycles. The fourth-order valence-electron chi connectivity index (χ4n) is 4.48. The van der Waals surface area contributed by atoms with Gasteiger partial charge < -0.3 is 0 Å². The van der Waals surface area contributed by atoms with Crippen molar-refractivity contribution in [3.63, 3.8) is 0 Å². The molecule has 5 aromatic rings. The van der Waals surface area contributed by atoms with Gasteiger partial charge in [0.2, 0.25) is 0 Å². The Morgan fingerprint density at radius 1 is 0.585 bits per heavy atom. The zero-order valence-electron chi connectivity index (χ0n) is 22.4. The Bertz CT molecular complexity index is 1630. The van der Waals surface area contributed by atoms with Gasteiger partial charge in [0.1, 0.15) is 0 Å². The van der Waals surface area contributed by atoms with Crippen LogP contribution in [0.5, 0.6) is 0 Å². The van der Waals surface area contributed by atoms with Gasteiger partial charge in [-0.25, -0.2) is 0 Å². The van der Waals surface area contributed by atoms with Crippen molar-refractivity contribution in [1.82, 2.24) is 0 Å². The van der Waals surface area contributed by atoms with Gasteiger partial charge in [-0.1, -0.05) is 0 Å². The summed E-state index contributed by atoms with van der Waals surface area (Å²) in [6.07, 6.45) is 2.94. The molecule has 5 aromatic carbocycles. The van der Waals surface area contributed by atoms with Crippen LogP contribution >= 0.6 is 0 Å². The third kappa shape index (κ3) is 8.02. The second-order valence-corrected chi connectivity index (χ2v) is 11.8. The molecular weight excluding hydrogens is 573 g/mol. The first-order valence-corrected chi connectivity index (χ1v) is 15.5. The Morgan fingerprint density at radius 3 is 1.66 bits per heavy atom. The van der Waals surface area contributed by atoms with Crippen LogP contribution in [0.3, 0.4) is 0 Å². The van der Waals surface area contributed by atoms with Crippen LogP contribution in [0.4, 0.5) is 8.78 Å². The normalized spacial score (nSPS) is 10.9. The number of benzene rings is 5. The number of hydrogen-bond donors (Lipinski definition) is 0. The van der Waals surface area contributed by atoms with Crippen LogP contribution in [0.15, 0.2) is 151 Å². The average molecular weight is 602 g/mol. The predicted octanol–water partition coefficient (Wildman–Crippen LogP) is 8.74. The Morgan fingerprint density at radius 2 is 1.10 bits per heavy atom. The van der Waals surface area contributed by atoms with Crippen LogP contribution in [0.2, 0.25) is 5.32 Å². The van der Waals surface area contributed by atoms with Gasteiger partial charge in [-0.05, 0) is 0 Å². The van der Waals surface area contributed by atoms with Crippen LogP contribution in [-0.4, -0.2) is 15.0 Å². The molecule has 0 aliphatic heterocycles. The summed E-state index contributed by atoms with van der Waals surface area (Å²) in [7, 11) is 0. The summed E-state index contributed by atoms with van der Waals surface area (Å²) in [5.74, 6) is 6.16. The average Bonchev–Trinajstić information content (AvgIpc) is 3.02. The van der Waals surface area contributed by atoms with Crippen LogP contribution in [-0.2, 0) is 0 Å². The number of halogens is 2. The van der Waals surface area contributed by atoms with Crippen molar-refractivity contribution in [3.8, 4) is 11.8 Å². The molecular formula is C38H28F2Se. The Labute approximate surface area is 247 Å². The third-order valence-electron chi connectivity index (χ3n) is 6.49. The minimum atomic E-state index is -0.296. The summed E-state index contributed by atoms with van der Waals surface area (Å²) in [4.78, 5) is 0. The van der Waals surface area contributed by atoms with Crippen LogP contribution < -0.4 is 4.46 Å². The van der Waals surface area contributed by atoms with E-state index in [1.165, 1.54) is 28.7 Å². The second-order valence-electron chi connectivity index (χ2n) is 9.37. The van der Waals surface area contributed by atoms with Gasteiger partial charge >= 0.3 is 248 Å². The van der Waals surface area contributed by atoms with Crippen molar-refractivity contribution in [3.05, 3.63) is 185 Å². The summed E-state index contributed by atoms with van der Waals surface area (Å²) in [6, 6.07) is 43.7. The van der Waals surface area contributed by atoms with E-state index in [0.29, 0.717) is 0 Å². The van der Waals surface area contributed by atoms with Crippen molar-refractivity contribution >= 4 is 30.6 Å². The van der Waals surface area contributed by atoms with Crippen molar-refractivity contribution in [2.45, 2.75) is 11.7 Å². The van der Waals surface area contributed by atoms with E-state index >= 15 is 0 Å². The molecule has 0 N–H and O–H groups in total. The van der Waals surface area contributed by atoms with Gasteiger partial charge in [0.25, 0.3) is 0 Å². The summed E-state index contributed by atoms with van der Waals surface area (Å²) in [6.45, 7) is 0. The van der Waals surface area contributed by atoms with Gasteiger partial charge in [-0.15, -0.1) is 0 Å². The van der Waals surface area contributed by atoms with E-state index in [1.807, 2.05) is 54.6 Å². The van der Waals surface area contributed by atoms with Crippen molar-refractivity contribution in [1.29, 1.82) is 0 Å². The maximum absolute atomic E-state index is 14.0. The predicted molar refractivity (Wildman–Crippen MR) is 168 cm³/mol. The Balaban J connectivity index is 1.68. The summed E-state index contributed by atoms with van der Waals surface area (Å²) in [5, 5.41) is 0.961. The molecule has 0 radical (unpaired) electrons. The SMILES string of the molecule is Fc1ccc(C(=C(/C=C(/C#Cc2ccccc2)c2ccccc2)CC[Se]c2ccccc2)c2ccc(F)cc2)cc1. The Hall–Kier alpha value is -4.48. The number of hydrogen-bond acceptors (Lipinski definition) is 0. The minimum absolute atomic E-state index is 0.264. The fourth-order valence-corrected chi connectivity index (χ4v) is 6.38. The van der Waals surface area contributed by atoms with Crippen molar-refractivity contribution < 1.29 is 8.78 Å². The molecule has 41 heavy (non-hydrogen) atoms. The third-order valence-corrected chi connectivity index (χ3v) is 8.62. The summed E-state index contributed by atoms with van der Waals surface area (Å²) >= 11 is 0.264. The first-order chi connectivity index (χ1) is 20.2. The zero-order chi connectivity index (χ0) is 28.3. The molecule has 0 aliphatic rings. The van der Waals surface area contributed by atoms with Gasteiger partial charge in [-0.3, -0.25) is 0 Å². The van der Waals surface area contributed by atoms with Crippen molar-refractivity contribution in [2.24, 2.45) is 0 Å². The molecule has 3 heteroatoms. The van der Waals surface area contributed by atoms with Gasteiger partial charge in [0, 0.05) is 0 Å². The molecule has 0 atom stereocenters. The van der Waals surface area contributed by atoms with E-state index in [4.69, 9.17) is 0 Å². The molecule has 0 fully saturated rings. The monoisotopic (exact) mass is 602 g/mol. The molecule has 0 spiro atoms. The topological polar surface area (TPSA) is 0 Å². The molecule has 0 aliphatic carbocycles. The quantitative estimate of drug-likeness (QED) is 0.0948. The van der Waals surface area contributed by atoms with Gasteiger partial charge in [-0.2, -0.15) is 0 Å². The summed E-state index contributed by atoms with van der Waals surface area (Å²) in [5.41, 5.74) is 6.60. The van der Waals surface area contributed by atoms with Crippen LogP contribution in [0.1, 0.15) is 28.7 Å². The van der Waals surface area contributed by atoms with E-state index in [1.54, 1.807) is 24.3 Å². The molecule has 0 nitrogen and oxygen atoms in total. The van der Waals surface area contributed by atoms with E-state index in [2.05, 4.69) is 54.3 Å². The van der Waals surface area contributed by atoms with E-state index in [-0.39, 0.29) is 26.6 Å². The van der Waals surface area contributed by atoms with Crippen LogP contribution in [0.25, 0.3) is 11.1 Å². The number of rotatable bonds is 8. The van der Waals surface area contributed by atoms with Gasteiger partial charge in [0.05, 0.1) is 0 Å². The molecule has 0 saturated carbocycles. The molecule has 0 aromatic heterocycles. The first-order valence-electron chi connectivity index (χ1n) is 13.4. The molecule has 0 unspecified atom stereocenters. The standard InChI is InChI=1S/C38H28F2Se/c39-35-22-18-31(19-23-35)38(32-20-24-36(40)25-21-32)34(26-27-41-37-14-8-3-9-15-37)28-33(30-12-6-2-7-13-30)17-16-29-10-4-1-5-11-29/h1-15,18-25,28H,26-27H2/b33-28-. The van der Waals surface area contributed by atoms with E-state index < -0.39 is 0 Å². The second kappa shape index (κ2) is 14.2. The zero-order valence-corrected chi connectivity index (χ0v) is 24.1. The van der Waals surface area contributed by atoms with Crippen LogP contribution in [0, 0.1) is 23.5 Å².